The van der Waals surface area contributed by atoms with Crippen LogP contribution in [0.2, 0.25) is 8.67 Å². The summed E-state index contributed by atoms with van der Waals surface area (Å²) < 4.78 is 13.5. The monoisotopic (exact) mass is 1130 g/mol. The zero-order chi connectivity index (χ0) is 54.7. The maximum absolute atomic E-state index is 13.4. The molecule has 0 unspecified atom stereocenters. The molecule has 0 fully saturated rings. The number of carbonyl (C=O) groups excluding carboxylic acids is 4. The molecule has 20 nitrogen and oxygen atoms in total. The van der Waals surface area contributed by atoms with Crippen LogP contribution in [0.5, 0.6) is 0 Å². The first-order valence-corrected chi connectivity index (χ1v) is 26.4. The van der Waals surface area contributed by atoms with Crippen molar-refractivity contribution in [3.05, 3.63) is 145 Å². The summed E-state index contributed by atoms with van der Waals surface area (Å²) in [6.07, 6.45) is 2.70. The number of aromatic nitrogens is 8. The second kappa shape index (κ2) is 22.7. The molecule has 0 saturated heterocycles. The van der Waals surface area contributed by atoms with Crippen molar-refractivity contribution in [1.29, 1.82) is 0 Å². The third kappa shape index (κ3) is 12.8. The Morgan fingerprint density at radius 3 is 1.71 bits per heavy atom. The first-order chi connectivity index (χ1) is 35.3. The van der Waals surface area contributed by atoms with Gasteiger partial charge in [0.1, 0.15) is 28.7 Å². The van der Waals surface area contributed by atoms with E-state index in [0.717, 1.165) is 46.6 Å². The number of thiophene rings is 2. The van der Waals surface area contributed by atoms with E-state index in [1.165, 1.54) is 64.0 Å². The Kier molecular flexibility index (Phi) is 16.8. The molecule has 75 heavy (non-hydrogen) atoms. The van der Waals surface area contributed by atoms with E-state index in [-0.39, 0.29) is 57.9 Å². The average Bonchev–Trinajstić information content (AvgIpc) is 4.21. The van der Waals surface area contributed by atoms with Gasteiger partial charge in [-0.3, -0.25) is 33.3 Å². The molecule has 26 heteroatoms. The molecule has 8 heterocycles. The van der Waals surface area contributed by atoms with Crippen LogP contribution in [-0.2, 0) is 26.2 Å². The van der Waals surface area contributed by atoms with Gasteiger partial charge in [-0.2, -0.15) is 23.9 Å². The third-order valence-corrected chi connectivity index (χ3v) is 14.7. The van der Waals surface area contributed by atoms with Crippen LogP contribution in [-0.4, -0.2) is 83.0 Å². The van der Waals surface area contributed by atoms with Gasteiger partial charge in [-0.15, -0.1) is 22.7 Å². The number of anilines is 2. The number of rotatable bonds is 16. The molecular formula is C49H46Cl2N10O10S4. The number of Topliss-reactive ketones (excluding diaryl/α,β-unsaturated/α-hetero) is 2. The fraction of sp³-hybridized carbons (Fsp3) is 0.265. The van der Waals surface area contributed by atoms with Crippen LogP contribution in [0.3, 0.4) is 0 Å². The van der Waals surface area contributed by atoms with Crippen LogP contribution in [0.25, 0.3) is 22.5 Å². The van der Waals surface area contributed by atoms with Crippen LogP contribution in [0.1, 0.15) is 107 Å². The molecule has 0 amide bonds. The van der Waals surface area contributed by atoms with Crippen molar-refractivity contribution in [2.24, 2.45) is 10.8 Å². The highest BCUT2D eigenvalue weighted by molar-refractivity contribution is 7.16. The second-order valence-corrected chi connectivity index (χ2v) is 23.7. The van der Waals surface area contributed by atoms with E-state index in [2.05, 4.69) is 29.6 Å². The number of aryl methyl sites for hydroxylation is 1. The van der Waals surface area contributed by atoms with Gasteiger partial charge in [0, 0.05) is 62.1 Å². The van der Waals surface area contributed by atoms with Gasteiger partial charge >= 0.3 is 11.9 Å². The van der Waals surface area contributed by atoms with E-state index in [0.29, 0.717) is 38.0 Å². The Labute approximate surface area is 453 Å². The molecule has 4 N–H and O–H groups in total. The summed E-state index contributed by atoms with van der Waals surface area (Å²) in [5.41, 5.74) is -3.06. The zero-order valence-corrected chi connectivity index (χ0v) is 45.7. The number of nitrogens with zero attached hydrogens (tertiary/aromatic N) is 8. The SMILES string of the molecule is CC(C)(C)C(=O)n1nc(-c2c(C(=O)O)ccn(CC(=O)c3ccsn3)c2=O)cc1NCc1ccc(Cl)s1.Cc1cc(=O)n(CC(=O)c2ccns2)c(C(=O)O)c1-c1cc(NCc2ccc(Cl)s2)n(C(=O)C(C)(C)C)n1. The van der Waals surface area contributed by atoms with E-state index >= 15 is 0 Å². The fourth-order valence-corrected chi connectivity index (χ4v) is 10.3. The zero-order valence-electron chi connectivity index (χ0n) is 41.0. The Morgan fingerprint density at radius 2 is 1.25 bits per heavy atom. The van der Waals surface area contributed by atoms with E-state index in [4.69, 9.17) is 23.2 Å². The summed E-state index contributed by atoms with van der Waals surface area (Å²) in [5.74, 6) is -3.65. The summed E-state index contributed by atoms with van der Waals surface area (Å²) >= 11 is 16.9. The normalized spacial score (nSPS) is 11.5. The Bertz CT molecular complexity index is 3610. The highest BCUT2D eigenvalue weighted by Crippen LogP contribution is 2.32. The molecule has 0 aliphatic carbocycles. The predicted octanol–water partition coefficient (Wildman–Crippen LogP) is 9.83. The molecule has 8 aromatic heterocycles. The van der Waals surface area contributed by atoms with E-state index in [9.17, 15) is 48.6 Å². The fourth-order valence-electron chi connectivity index (χ4n) is 7.22. The lowest BCUT2D eigenvalue weighted by Gasteiger charge is -2.18. The summed E-state index contributed by atoms with van der Waals surface area (Å²) in [7, 11) is 0. The summed E-state index contributed by atoms with van der Waals surface area (Å²) in [4.78, 5) is 105. The molecule has 0 bridgehead atoms. The number of carboxylic acids is 2. The van der Waals surface area contributed by atoms with Crippen molar-refractivity contribution >= 4 is 116 Å². The molecule has 8 aromatic rings. The topological polar surface area (TPSA) is 272 Å². The van der Waals surface area contributed by atoms with Gasteiger partial charge < -0.3 is 25.4 Å². The smallest absolute Gasteiger partial charge is 0.353 e. The third-order valence-electron chi connectivity index (χ3n) is 10.9. The number of nitrogens with one attached hydrogen (secondary N) is 2. The van der Waals surface area contributed by atoms with Gasteiger partial charge in [-0.1, -0.05) is 64.7 Å². The van der Waals surface area contributed by atoms with Gasteiger partial charge in [0.15, 0.2) is 5.78 Å². The molecule has 0 atom stereocenters. The van der Waals surface area contributed by atoms with Crippen molar-refractivity contribution in [2.45, 2.75) is 74.6 Å². The van der Waals surface area contributed by atoms with Crippen LogP contribution < -0.4 is 21.8 Å². The minimum absolute atomic E-state index is 0.0119. The van der Waals surface area contributed by atoms with Gasteiger partial charge in [0.05, 0.1) is 56.5 Å². The van der Waals surface area contributed by atoms with Gasteiger partial charge in [0.2, 0.25) is 5.78 Å². The maximum Gasteiger partial charge on any atom is 0.353 e. The molecule has 0 radical (unpaired) electrons. The molecular weight excluding hydrogens is 1090 g/mol. The van der Waals surface area contributed by atoms with Crippen LogP contribution in [0, 0.1) is 17.8 Å². The van der Waals surface area contributed by atoms with Crippen molar-refractivity contribution in [2.75, 3.05) is 10.6 Å². The molecule has 390 valence electrons. The van der Waals surface area contributed by atoms with Crippen molar-refractivity contribution in [1.82, 2.24) is 37.4 Å². The Balaban J connectivity index is 0.000000219. The molecule has 0 saturated carbocycles. The summed E-state index contributed by atoms with van der Waals surface area (Å²) in [5, 5.41) is 36.7. The van der Waals surface area contributed by atoms with Crippen molar-refractivity contribution in [3.63, 3.8) is 0 Å². The number of halogens is 2. The maximum atomic E-state index is 13.4. The highest BCUT2D eigenvalue weighted by atomic mass is 35.5. The molecule has 8 rings (SSSR count). The first kappa shape index (κ1) is 55.5. The molecule has 0 aliphatic heterocycles. The lowest BCUT2D eigenvalue weighted by molar-refractivity contribution is 0.0677. The summed E-state index contributed by atoms with van der Waals surface area (Å²) in [6, 6.07) is 15.8. The number of hydrogen-bond donors (Lipinski definition) is 4. The second-order valence-electron chi connectivity index (χ2n) is 18.6. The standard InChI is InChI=1S/C25H24ClN5O5S2.C24H22ClN5O5S2/c1-13-9-20(33)30(12-16(32)17-7-8-28-38-17)22(23(34)35)21(13)15-10-19(27-11-14-5-6-18(26)37-14)31(29-15)24(36)25(2,3)4;1-24(2,3)23(35)30-19(26-11-13-4-5-18(25)37-13)10-16(27-30)20-14(22(33)34)6-8-29(21(20)32)12-17(31)15-7-9-36-28-15/h5-10,27H,11-12H2,1-4H3,(H,34,35);4-10,26H,11-12H2,1-3H3,(H,33,34). The van der Waals surface area contributed by atoms with Crippen molar-refractivity contribution in [3.8, 4) is 22.5 Å². The van der Waals surface area contributed by atoms with Crippen LogP contribution >= 0.6 is 68.9 Å². The van der Waals surface area contributed by atoms with Gasteiger partial charge in [-0.05, 0) is 78.0 Å². The van der Waals surface area contributed by atoms with E-state index in [1.807, 2.05) is 12.1 Å². The predicted molar refractivity (Wildman–Crippen MR) is 289 cm³/mol. The number of carboxylic acid groups (broad SMARTS) is 2. The molecule has 0 aromatic carbocycles. The van der Waals surface area contributed by atoms with Crippen LogP contribution in [0.15, 0.2) is 88.0 Å². The minimum Gasteiger partial charge on any atom is -0.478 e. The minimum atomic E-state index is -1.41. The lowest BCUT2D eigenvalue weighted by atomic mass is 9.96. The van der Waals surface area contributed by atoms with Gasteiger partial charge in [0.25, 0.3) is 22.9 Å². The largest absolute Gasteiger partial charge is 0.478 e. The number of hydrogen-bond acceptors (Lipinski definition) is 18. The molecule has 0 aliphatic rings. The van der Waals surface area contributed by atoms with E-state index in [1.54, 1.807) is 78.1 Å². The number of aromatic carboxylic acids is 2. The number of ketones is 2. The average molecular weight is 1130 g/mol. The van der Waals surface area contributed by atoms with Crippen molar-refractivity contribution < 1.29 is 39.0 Å². The van der Waals surface area contributed by atoms with E-state index < -0.39 is 57.7 Å². The first-order valence-electron chi connectivity index (χ1n) is 22.4. The summed E-state index contributed by atoms with van der Waals surface area (Å²) in [6.45, 7) is 11.9. The number of carbonyl (C=O) groups is 6. The number of pyridine rings is 2. The van der Waals surface area contributed by atoms with Crippen LogP contribution in [0.4, 0.5) is 11.6 Å². The van der Waals surface area contributed by atoms with Gasteiger partial charge in [-0.25, -0.2) is 14.0 Å². The highest BCUT2D eigenvalue weighted by Gasteiger charge is 2.32. The molecule has 0 spiro atoms. The lowest BCUT2D eigenvalue weighted by Crippen LogP contribution is -2.30. The Hall–Kier alpha value is -7.22. The Morgan fingerprint density at radius 1 is 0.693 bits per heavy atom. The quantitative estimate of drug-likeness (QED) is 0.0655.